The predicted molar refractivity (Wildman–Crippen MR) is 183 cm³/mol. The van der Waals surface area contributed by atoms with Crippen LogP contribution in [0.2, 0.25) is 0 Å². The second-order valence-electron chi connectivity index (χ2n) is 13.6. The molecule has 282 valence electrons. The highest BCUT2D eigenvalue weighted by Crippen LogP contribution is 2.43. The number of carboxylic acids is 2. The minimum Gasteiger partial charge on any atom is -0.481 e. The third-order valence-corrected chi connectivity index (χ3v) is 10.4. The highest BCUT2D eigenvalue weighted by Gasteiger charge is 2.39. The molecule has 1 heterocycles. The van der Waals surface area contributed by atoms with Gasteiger partial charge in [0.05, 0.1) is 0 Å². The van der Waals surface area contributed by atoms with Crippen molar-refractivity contribution in [2.24, 2.45) is 11.8 Å². The number of carbonyl (C=O) groups excluding carboxylic acids is 4. The average molecular weight is 718 g/mol. The van der Waals surface area contributed by atoms with Gasteiger partial charge in [0.1, 0.15) is 6.04 Å². The van der Waals surface area contributed by atoms with Crippen molar-refractivity contribution in [3.05, 3.63) is 0 Å². The Bertz CT molecular complexity index is 1110. The van der Waals surface area contributed by atoms with Crippen LogP contribution in [0.3, 0.4) is 0 Å². The minimum atomic E-state index is -4.61. The second kappa shape index (κ2) is 24.3. The van der Waals surface area contributed by atoms with Gasteiger partial charge in [0, 0.05) is 38.3 Å². The lowest BCUT2D eigenvalue weighted by Crippen LogP contribution is -2.48. The van der Waals surface area contributed by atoms with Crippen LogP contribution in [0.25, 0.3) is 0 Å². The number of carboxylic acid groups (broad SMARTS) is 2. The molecule has 1 fully saturated rings. The number of carbonyl (C=O) groups is 6. The molecule has 14 nitrogen and oxygen atoms in total. The van der Waals surface area contributed by atoms with Crippen LogP contribution in [0.4, 0.5) is 0 Å². The Hall–Kier alpha value is -2.83. The summed E-state index contributed by atoms with van der Waals surface area (Å²) in [5, 5.41) is 23.5. The van der Waals surface area contributed by atoms with Crippen LogP contribution in [0.15, 0.2) is 0 Å². The highest BCUT2D eigenvalue weighted by molar-refractivity contribution is 7.53. The maximum atomic E-state index is 12.4. The molecule has 0 spiro atoms. The summed E-state index contributed by atoms with van der Waals surface area (Å²) in [5.74, 6) is -3.76. The van der Waals surface area contributed by atoms with Gasteiger partial charge in [-0.25, -0.2) is 4.79 Å². The largest absolute Gasteiger partial charge is 0.481 e. The fraction of sp³-hybridized carbons (Fsp3) is 0.824. The molecule has 1 rings (SSSR count). The molecule has 1 aliphatic rings. The Morgan fingerprint density at radius 2 is 1.20 bits per heavy atom. The molecule has 1 aliphatic heterocycles. The van der Waals surface area contributed by atoms with Gasteiger partial charge in [-0.3, -0.25) is 33.4 Å². The monoisotopic (exact) mass is 717 g/mol. The van der Waals surface area contributed by atoms with E-state index in [4.69, 9.17) is 14.9 Å². The third kappa shape index (κ3) is 19.2. The Balaban J connectivity index is 2.03. The van der Waals surface area contributed by atoms with Gasteiger partial charge in [-0.05, 0) is 31.6 Å². The first-order valence-corrected chi connectivity index (χ1v) is 19.7. The number of likely N-dealkylation sites (tertiary alicyclic amines) is 1. The fourth-order valence-corrected chi connectivity index (χ4v) is 6.78. The number of rotatable bonds is 29. The minimum absolute atomic E-state index is 0.00812. The smallest absolute Gasteiger partial charge is 0.339 e. The first kappa shape index (κ1) is 44.2. The van der Waals surface area contributed by atoms with Gasteiger partial charge in [-0.15, -0.1) is 0 Å². The van der Waals surface area contributed by atoms with Crippen LogP contribution in [0, 0.1) is 11.8 Å². The average Bonchev–Trinajstić information content (AvgIpc) is 3.30. The molecule has 4 amide bonds. The van der Waals surface area contributed by atoms with Gasteiger partial charge < -0.3 is 30.6 Å². The van der Waals surface area contributed by atoms with E-state index in [0.717, 1.165) is 70.6 Å². The van der Waals surface area contributed by atoms with Crippen molar-refractivity contribution in [1.29, 1.82) is 0 Å². The Morgan fingerprint density at radius 1 is 0.735 bits per heavy atom. The molecule has 0 saturated carbocycles. The molecule has 3 unspecified atom stereocenters. The van der Waals surface area contributed by atoms with Crippen molar-refractivity contribution in [3.63, 3.8) is 0 Å². The number of hydrogen-bond donors (Lipinski definition) is 6. The number of hydrogen-bond acceptors (Lipinski definition) is 7. The van der Waals surface area contributed by atoms with E-state index in [-0.39, 0.29) is 67.7 Å². The van der Waals surface area contributed by atoms with Gasteiger partial charge in [-0.1, -0.05) is 97.3 Å². The second-order valence-corrected chi connectivity index (χ2v) is 15.4. The van der Waals surface area contributed by atoms with Crippen LogP contribution >= 0.6 is 7.60 Å². The lowest BCUT2D eigenvalue weighted by atomic mass is 9.94. The molecular formula is C34H60N3O11P. The SMILES string of the molecule is CC(C)C1CC(=O)N(CCCCCC(=O)NCC(NC(=O)CCCCCCCCCCCCCCCC(C(=O)O)P(=O)(O)O)C(=O)O)C1=O. The van der Waals surface area contributed by atoms with Crippen molar-refractivity contribution in [1.82, 2.24) is 15.5 Å². The van der Waals surface area contributed by atoms with Gasteiger partial charge in [0.25, 0.3) is 0 Å². The molecule has 0 bridgehead atoms. The van der Waals surface area contributed by atoms with Crippen molar-refractivity contribution in [2.75, 3.05) is 13.1 Å². The molecule has 3 atom stereocenters. The van der Waals surface area contributed by atoms with Crippen molar-refractivity contribution >= 4 is 43.2 Å². The molecule has 1 saturated heterocycles. The quantitative estimate of drug-likeness (QED) is 0.0352. The Labute approximate surface area is 290 Å². The van der Waals surface area contributed by atoms with E-state index < -0.39 is 31.2 Å². The molecule has 0 aromatic heterocycles. The summed E-state index contributed by atoms with van der Waals surface area (Å²) in [4.78, 5) is 91.0. The van der Waals surface area contributed by atoms with Crippen LogP contribution in [0.1, 0.15) is 142 Å². The zero-order chi connectivity index (χ0) is 36.8. The van der Waals surface area contributed by atoms with Gasteiger partial charge >= 0.3 is 19.5 Å². The summed E-state index contributed by atoms with van der Waals surface area (Å²) in [6, 6.07) is -1.21. The van der Waals surface area contributed by atoms with Gasteiger partial charge in [0.2, 0.25) is 23.6 Å². The summed E-state index contributed by atoms with van der Waals surface area (Å²) in [6.07, 6.45) is 14.7. The number of unbranched alkanes of at least 4 members (excludes halogenated alkanes) is 14. The van der Waals surface area contributed by atoms with Crippen LogP contribution in [0.5, 0.6) is 0 Å². The van der Waals surface area contributed by atoms with E-state index in [2.05, 4.69) is 10.6 Å². The summed E-state index contributed by atoms with van der Waals surface area (Å²) in [6.45, 7) is 3.99. The number of nitrogens with one attached hydrogen (secondary N) is 2. The summed E-state index contributed by atoms with van der Waals surface area (Å²) < 4.78 is 11.2. The van der Waals surface area contributed by atoms with Crippen molar-refractivity contribution in [2.45, 2.75) is 154 Å². The molecule has 49 heavy (non-hydrogen) atoms. The Kier molecular flexibility index (Phi) is 22.0. The van der Waals surface area contributed by atoms with Gasteiger partial charge in [0.15, 0.2) is 5.66 Å². The summed E-state index contributed by atoms with van der Waals surface area (Å²) >= 11 is 0. The number of nitrogens with zero attached hydrogens (tertiary/aromatic N) is 1. The third-order valence-electron chi connectivity index (χ3n) is 9.08. The summed E-state index contributed by atoms with van der Waals surface area (Å²) in [5.41, 5.74) is -1.61. The zero-order valence-corrected chi connectivity index (χ0v) is 30.3. The van der Waals surface area contributed by atoms with E-state index in [1.165, 1.54) is 4.90 Å². The standard InChI is InChI=1S/C34H60N3O11P/c1-25(2)26-23-31(40)37(32(26)41)22-18-14-17-20-29(38)35-24-27(33(42)43)36-30(39)21-16-13-11-9-7-5-3-4-6-8-10-12-15-19-28(34(44)45)49(46,47)48/h25-28H,3-24H2,1-2H3,(H,35,38)(H,36,39)(H,42,43)(H,44,45)(H2,46,47,48). The van der Waals surface area contributed by atoms with Gasteiger partial charge in [-0.2, -0.15) is 0 Å². The number of aliphatic carboxylic acids is 2. The maximum absolute atomic E-state index is 12.4. The summed E-state index contributed by atoms with van der Waals surface area (Å²) in [7, 11) is -4.61. The molecule has 0 aromatic rings. The van der Waals surface area contributed by atoms with E-state index in [9.17, 15) is 38.4 Å². The first-order chi connectivity index (χ1) is 23.1. The van der Waals surface area contributed by atoms with E-state index in [0.29, 0.717) is 38.6 Å². The van der Waals surface area contributed by atoms with Crippen molar-refractivity contribution in [3.8, 4) is 0 Å². The molecule has 0 radical (unpaired) electrons. The number of imide groups is 1. The van der Waals surface area contributed by atoms with Crippen LogP contribution in [-0.4, -0.2) is 85.3 Å². The lowest BCUT2D eigenvalue weighted by molar-refractivity contribution is -0.142. The lowest BCUT2D eigenvalue weighted by Gasteiger charge is -2.16. The molecule has 0 aliphatic carbocycles. The maximum Gasteiger partial charge on any atom is 0.339 e. The number of amides is 4. The van der Waals surface area contributed by atoms with E-state index >= 15 is 0 Å². The molecule has 0 aromatic carbocycles. The fourth-order valence-electron chi connectivity index (χ4n) is 5.97. The molecular weight excluding hydrogens is 657 g/mol. The van der Waals surface area contributed by atoms with E-state index in [1.807, 2.05) is 13.8 Å². The van der Waals surface area contributed by atoms with E-state index in [1.54, 1.807) is 0 Å². The normalized spacial score (nSPS) is 16.2. The van der Waals surface area contributed by atoms with Crippen LogP contribution < -0.4 is 10.6 Å². The van der Waals surface area contributed by atoms with Crippen LogP contribution in [-0.2, 0) is 33.3 Å². The highest BCUT2D eigenvalue weighted by atomic mass is 31.2. The predicted octanol–water partition coefficient (Wildman–Crippen LogP) is 4.75. The topological polar surface area (TPSA) is 228 Å². The zero-order valence-electron chi connectivity index (χ0n) is 29.4. The van der Waals surface area contributed by atoms with Crippen molar-refractivity contribution < 1.29 is 53.3 Å². The Morgan fingerprint density at radius 3 is 1.65 bits per heavy atom. The molecule has 15 heteroatoms. The first-order valence-electron chi connectivity index (χ1n) is 18.1. The molecule has 6 N–H and O–H groups in total.